The van der Waals surface area contributed by atoms with E-state index in [-0.39, 0.29) is 12.1 Å². The maximum Gasteiger partial charge on any atom is 0.318 e. The molecule has 0 aromatic carbocycles. The molecule has 0 fully saturated rings. The molecule has 23 heavy (non-hydrogen) atoms. The summed E-state index contributed by atoms with van der Waals surface area (Å²) >= 11 is 0. The maximum absolute atomic E-state index is 12.2. The Morgan fingerprint density at radius 2 is 2.00 bits per heavy atom. The summed E-state index contributed by atoms with van der Waals surface area (Å²) in [4.78, 5) is 14.0. The predicted molar refractivity (Wildman–Crippen MR) is 96.3 cm³/mol. The zero-order valence-corrected chi connectivity index (χ0v) is 15.1. The van der Waals surface area contributed by atoms with Crippen LogP contribution in [0.2, 0.25) is 0 Å². The van der Waals surface area contributed by atoms with Gasteiger partial charge in [-0.2, -0.15) is 0 Å². The van der Waals surface area contributed by atoms with E-state index in [2.05, 4.69) is 38.7 Å². The van der Waals surface area contributed by atoms with Crippen LogP contribution in [0.15, 0.2) is 35.5 Å². The minimum Gasteiger partial charge on any atom is -0.393 e. The zero-order valence-electron chi connectivity index (χ0n) is 15.1. The zero-order chi connectivity index (χ0) is 17.4. The van der Waals surface area contributed by atoms with Gasteiger partial charge in [0.2, 0.25) is 0 Å². The van der Waals surface area contributed by atoms with Crippen molar-refractivity contribution in [1.29, 1.82) is 0 Å². The molecule has 1 heterocycles. The second-order valence-corrected chi connectivity index (χ2v) is 6.39. The second kappa shape index (κ2) is 9.56. The average Bonchev–Trinajstić information content (AvgIpc) is 2.96. The quantitative estimate of drug-likeness (QED) is 0.717. The summed E-state index contributed by atoms with van der Waals surface area (Å²) < 4.78 is 0. The number of hydrogen-bond acceptors (Lipinski definition) is 2. The van der Waals surface area contributed by atoms with Crippen LogP contribution >= 0.6 is 0 Å². The molecular weight excluding hydrogens is 288 g/mol. The standard InChI is InChI=1S/C19H32N2O2/c1-6-14(4)15(5)11-17-13-21(12-16(17)7-2)19(23)20-10-9-18(22)8-3/h7,11,14,18,22H,2,6,8-10,12-13H2,1,3-5H3,(H,20,23)/b15-11-. The molecule has 0 bridgehead atoms. The molecule has 0 aliphatic carbocycles. The minimum absolute atomic E-state index is 0.0720. The van der Waals surface area contributed by atoms with Crippen LogP contribution in [0, 0.1) is 5.92 Å². The van der Waals surface area contributed by atoms with Crippen molar-refractivity contribution < 1.29 is 9.90 Å². The SMILES string of the molecule is C=CC1=C(/C=C(/C)C(C)CC)CN(C(=O)NCCC(O)CC)C1. The Morgan fingerprint density at radius 3 is 2.57 bits per heavy atom. The molecule has 0 aromatic heterocycles. The molecule has 0 aromatic rings. The van der Waals surface area contributed by atoms with Crippen molar-refractivity contribution in [2.75, 3.05) is 19.6 Å². The number of allylic oxidation sites excluding steroid dienone is 1. The topological polar surface area (TPSA) is 52.6 Å². The number of carbonyl (C=O) groups excluding carboxylic acids is 1. The van der Waals surface area contributed by atoms with Crippen molar-refractivity contribution in [3.8, 4) is 0 Å². The molecule has 0 spiro atoms. The van der Waals surface area contributed by atoms with E-state index in [0.717, 1.165) is 12.0 Å². The summed E-state index contributed by atoms with van der Waals surface area (Å²) in [5.41, 5.74) is 3.65. The number of rotatable bonds is 8. The van der Waals surface area contributed by atoms with Gasteiger partial charge in [0.1, 0.15) is 0 Å². The molecular formula is C19H32N2O2. The van der Waals surface area contributed by atoms with Crippen LogP contribution in [0.3, 0.4) is 0 Å². The van der Waals surface area contributed by atoms with Crippen LogP contribution in [-0.4, -0.2) is 41.8 Å². The first-order chi connectivity index (χ1) is 10.9. The first-order valence-corrected chi connectivity index (χ1v) is 8.66. The predicted octanol–water partition coefficient (Wildman–Crippen LogP) is 3.65. The average molecular weight is 320 g/mol. The van der Waals surface area contributed by atoms with Crippen LogP contribution in [-0.2, 0) is 0 Å². The third-order valence-corrected chi connectivity index (χ3v) is 4.69. The number of carbonyl (C=O) groups is 1. The van der Waals surface area contributed by atoms with E-state index in [4.69, 9.17) is 0 Å². The van der Waals surface area contributed by atoms with E-state index in [0.29, 0.717) is 38.4 Å². The van der Waals surface area contributed by atoms with Gasteiger partial charge in [-0.25, -0.2) is 4.79 Å². The Bertz CT molecular complexity index is 480. The van der Waals surface area contributed by atoms with Gasteiger partial charge in [-0.15, -0.1) is 0 Å². The largest absolute Gasteiger partial charge is 0.393 e. The van der Waals surface area contributed by atoms with Crippen molar-refractivity contribution in [3.63, 3.8) is 0 Å². The minimum atomic E-state index is -0.340. The molecule has 2 unspecified atom stereocenters. The van der Waals surface area contributed by atoms with Gasteiger partial charge in [0.15, 0.2) is 0 Å². The van der Waals surface area contributed by atoms with E-state index in [1.165, 1.54) is 11.1 Å². The van der Waals surface area contributed by atoms with Gasteiger partial charge in [-0.05, 0) is 43.3 Å². The monoisotopic (exact) mass is 320 g/mol. The first kappa shape index (κ1) is 19.5. The van der Waals surface area contributed by atoms with Gasteiger partial charge in [0.05, 0.1) is 6.10 Å². The third-order valence-electron chi connectivity index (χ3n) is 4.69. The Morgan fingerprint density at radius 1 is 1.35 bits per heavy atom. The molecule has 1 rings (SSSR count). The number of nitrogens with zero attached hydrogens (tertiary/aromatic N) is 1. The first-order valence-electron chi connectivity index (χ1n) is 8.66. The van der Waals surface area contributed by atoms with E-state index in [1.807, 2.05) is 13.0 Å². The lowest BCUT2D eigenvalue weighted by Crippen LogP contribution is -2.40. The van der Waals surface area contributed by atoms with Gasteiger partial charge in [0, 0.05) is 19.6 Å². The number of aliphatic hydroxyl groups excluding tert-OH is 1. The summed E-state index contributed by atoms with van der Waals surface area (Å²) in [6.07, 6.45) is 6.14. The van der Waals surface area contributed by atoms with E-state index >= 15 is 0 Å². The van der Waals surface area contributed by atoms with Gasteiger partial charge in [0.25, 0.3) is 0 Å². The number of hydrogen-bond donors (Lipinski definition) is 2. The summed E-state index contributed by atoms with van der Waals surface area (Å²) in [6.45, 7) is 14.1. The van der Waals surface area contributed by atoms with Crippen LogP contribution in [0.25, 0.3) is 0 Å². The van der Waals surface area contributed by atoms with Crippen molar-refractivity contribution in [2.45, 2.75) is 53.1 Å². The Hall–Kier alpha value is -1.55. The van der Waals surface area contributed by atoms with E-state index in [1.54, 1.807) is 4.90 Å². The number of aliphatic hydroxyl groups is 1. The fourth-order valence-corrected chi connectivity index (χ4v) is 2.55. The number of amides is 2. The summed E-state index contributed by atoms with van der Waals surface area (Å²) in [7, 11) is 0. The van der Waals surface area contributed by atoms with Crippen LogP contribution < -0.4 is 5.32 Å². The molecule has 130 valence electrons. The summed E-state index contributed by atoms with van der Waals surface area (Å²) in [6, 6.07) is -0.0720. The van der Waals surface area contributed by atoms with Gasteiger partial charge < -0.3 is 15.3 Å². The highest BCUT2D eigenvalue weighted by Crippen LogP contribution is 2.23. The summed E-state index contributed by atoms with van der Waals surface area (Å²) in [5.74, 6) is 0.548. The highest BCUT2D eigenvalue weighted by atomic mass is 16.3. The molecule has 0 saturated heterocycles. The molecule has 1 aliphatic heterocycles. The van der Waals surface area contributed by atoms with Gasteiger partial charge in [-0.1, -0.05) is 45.1 Å². The molecule has 1 aliphatic rings. The smallest absolute Gasteiger partial charge is 0.318 e. The normalized spacial score (nSPS) is 18.1. The molecule has 4 nitrogen and oxygen atoms in total. The lowest BCUT2D eigenvalue weighted by atomic mass is 9.97. The lowest BCUT2D eigenvalue weighted by molar-refractivity contribution is 0.158. The molecule has 4 heteroatoms. The highest BCUT2D eigenvalue weighted by molar-refractivity contribution is 5.76. The third kappa shape index (κ3) is 5.87. The molecule has 2 amide bonds. The molecule has 2 N–H and O–H groups in total. The Kier molecular flexibility index (Phi) is 8.10. The van der Waals surface area contributed by atoms with Crippen molar-refractivity contribution in [3.05, 3.63) is 35.5 Å². The van der Waals surface area contributed by atoms with Crippen LogP contribution in [0.4, 0.5) is 4.79 Å². The Balaban J connectivity index is 2.61. The second-order valence-electron chi connectivity index (χ2n) is 6.39. The van der Waals surface area contributed by atoms with E-state index < -0.39 is 0 Å². The highest BCUT2D eigenvalue weighted by Gasteiger charge is 2.23. The van der Waals surface area contributed by atoms with Crippen LogP contribution in [0.5, 0.6) is 0 Å². The molecule has 0 radical (unpaired) electrons. The molecule has 0 saturated carbocycles. The number of urea groups is 1. The molecule has 2 atom stereocenters. The van der Waals surface area contributed by atoms with Crippen molar-refractivity contribution in [2.24, 2.45) is 5.92 Å². The van der Waals surface area contributed by atoms with Crippen LogP contribution in [0.1, 0.15) is 47.0 Å². The van der Waals surface area contributed by atoms with Gasteiger partial charge >= 0.3 is 6.03 Å². The van der Waals surface area contributed by atoms with Crippen molar-refractivity contribution >= 4 is 6.03 Å². The fourth-order valence-electron chi connectivity index (χ4n) is 2.55. The summed E-state index contributed by atoms with van der Waals surface area (Å²) in [5, 5.41) is 12.4. The van der Waals surface area contributed by atoms with Gasteiger partial charge in [-0.3, -0.25) is 0 Å². The lowest BCUT2D eigenvalue weighted by Gasteiger charge is -2.18. The van der Waals surface area contributed by atoms with E-state index in [9.17, 15) is 9.90 Å². The fraction of sp³-hybridized carbons (Fsp3) is 0.632. The number of nitrogens with one attached hydrogen (secondary N) is 1. The van der Waals surface area contributed by atoms with Crippen molar-refractivity contribution in [1.82, 2.24) is 10.2 Å². The Labute approximate surface area is 140 Å². The maximum atomic E-state index is 12.2.